The SMILES string of the molecule is COc1ccc(N(C)C(=O)CCc2csc(-c3ccncc3)n2)cc1OC. The van der Waals surface area contributed by atoms with Gasteiger partial charge in [0.15, 0.2) is 11.5 Å². The van der Waals surface area contributed by atoms with Gasteiger partial charge in [0.25, 0.3) is 0 Å². The molecular formula is C20H21N3O3S. The number of carbonyl (C=O) groups is 1. The fraction of sp³-hybridized carbons (Fsp3) is 0.250. The maximum absolute atomic E-state index is 12.6. The van der Waals surface area contributed by atoms with Gasteiger partial charge in [0, 0.05) is 48.6 Å². The minimum atomic E-state index is 0.0145. The molecule has 0 spiro atoms. The van der Waals surface area contributed by atoms with E-state index in [1.807, 2.05) is 23.6 Å². The Bertz CT molecular complexity index is 912. The summed E-state index contributed by atoms with van der Waals surface area (Å²) in [6, 6.07) is 9.28. The van der Waals surface area contributed by atoms with E-state index in [-0.39, 0.29) is 5.91 Å². The van der Waals surface area contributed by atoms with Gasteiger partial charge in [0.2, 0.25) is 5.91 Å². The summed E-state index contributed by atoms with van der Waals surface area (Å²) < 4.78 is 10.5. The van der Waals surface area contributed by atoms with Crippen molar-refractivity contribution < 1.29 is 14.3 Å². The van der Waals surface area contributed by atoms with Crippen molar-refractivity contribution in [3.63, 3.8) is 0 Å². The van der Waals surface area contributed by atoms with E-state index in [2.05, 4.69) is 9.97 Å². The molecule has 0 unspecified atom stereocenters. The summed E-state index contributed by atoms with van der Waals surface area (Å²) in [6.45, 7) is 0. The molecule has 2 heterocycles. The number of pyridine rings is 1. The first-order chi connectivity index (χ1) is 13.1. The minimum absolute atomic E-state index is 0.0145. The van der Waals surface area contributed by atoms with Crippen molar-refractivity contribution in [2.75, 3.05) is 26.2 Å². The second-order valence-corrected chi connectivity index (χ2v) is 6.73. The predicted octanol–water partition coefficient (Wildman–Crippen LogP) is 3.82. The van der Waals surface area contributed by atoms with Crippen molar-refractivity contribution in [2.24, 2.45) is 0 Å². The Kier molecular flexibility index (Phi) is 6.03. The zero-order valence-electron chi connectivity index (χ0n) is 15.5. The number of nitrogens with zero attached hydrogens (tertiary/aromatic N) is 3. The highest BCUT2D eigenvalue weighted by Crippen LogP contribution is 2.31. The van der Waals surface area contributed by atoms with Crippen LogP contribution in [0.2, 0.25) is 0 Å². The number of carbonyl (C=O) groups excluding carboxylic acids is 1. The number of thiazole rings is 1. The number of amides is 1. The number of anilines is 1. The van der Waals surface area contributed by atoms with Crippen LogP contribution in [0.15, 0.2) is 48.1 Å². The average molecular weight is 383 g/mol. The van der Waals surface area contributed by atoms with Crippen LogP contribution in [0, 0.1) is 0 Å². The largest absolute Gasteiger partial charge is 0.493 e. The lowest BCUT2D eigenvalue weighted by atomic mass is 10.2. The second-order valence-electron chi connectivity index (χ2n) is 5.87. The topological polar surface area (TPSA) is 64.5 Å². The fourth-order valence-corrected chi connectivity index (χ4v) is 3.49. The van der Waals surface area contributed by atoms with Crippen LogP contribution in [-0.4, -0.2) is 37.1 Å². The number of aromatic nitrogens is 2. The lowest BCUT2D eigenvalue weighted by Crippen LogP contribution is -2.26. The Balaban J connectivity index is 1.63. The Labute approximate surface area is 162 Å². The van der Waals surface area contributed by atoms with Gasteiger partial charge < -0.3 is 14.4 Å². The van der Waals surface area contributed by atoms with Gasteiger partial charge >= 0.3 is 0 Å². The highest BCUT2D eigenvalue weighted by molar-refractivity contribution is 7.13. The number of aryl methyl sites for hydroxylation is 1. The highest BCUT2D eigenvalue weighted by Gasteiger charge is 2.15. The Morgan fingerprint density at radius 3 is 2.56 bits per heavy atom. The third kappa shape index (κ3) is 4.43. The van der Waals surface area contributed by atoms with Crippen molar-refractivity contribution in [2.45, 2.75) is 12.8 Å². The molecule has 140 valence electrons. The van der Waals surface area contributed by atoms with Crippen LogP contribution in [0.3, 0.4) is 0 Å². The van der Waals surface area contributed by atoms with E-state index in [4.69, 9.17) is 9.47 Å². The third-order valence-electron chi connectivity index (χ3n) is 4.20. The van der Waals surface area contributed by atoms with Gasteiger partial charge in [-0.05, 0) is 30.7 Å². The van der Waals surface area contributed by atoms with Crippen LogP contribution in [0.4, 0.5) is 5.69 Å². The molecule has 2 aromatic heterocycles. The maximum atomic E-state index is 12.6. The molecule has 0 saturated carbocycles. The summed E-state index contributed by atoms with van der Waals surface area (Å²) in [7, 11) is 4.92. The number of rotatable bonds is 7. The van der Waals surface area contributed by atoms with Crippen molar-refractivity contribution >= 4 is 22.9 Å². The Morgan fingerprint density at radius 2 is 1.85 bits per heavy atom. The molecule has 0 radical (unpaired) electrons. The van der Waals surface area contributed by atoms with Crippen molar-refractivity contribution in [1.82, 2.24) is 9.97 Å². The van der Waals surface area contributed by atoms with Gasteiger partial charge in [-0.1, -0.05) is 0 Å². The Morgan fingerprint density at radius 1 is 1.11 bits per heavy atom. The molecule has 0 aliphatic heterocycles. The Hall–Kier alpha value is -2.93. The first kappa shape index (κ1) is 18.8. The van der Waals surface area contributed by atoms with Crippen LogP contribution in [0.5, 0.6) is 11.5 Å². The van der Waals surface area contributed by atoms with Gasteiger partial charge in [-0.2, -0.15) is 0 Å². The number of hydrogen-bond acceptors (Lipinski definition) is 6. The maximum Gasteiger partial charge on any atom is 0.227 e. The van der Waals surface area contributed by atoms with Crippen molar-refractivity contribution in [1.29, 1.82) is 0 Å². The van der Waals surface area contributed by atoms with Crippen LogP contribution < -0.4 is 14.4 Å². The lowest BCUT2D eigenvalue weighted by molar-refractivity contribution is -0.118. The normalized spacial score (nSPS) is 10.5. The van der Waals surface area contributed by atoms with Crippen LogP contribution in [0.25, 0.3) is 10.6 Å². The fourth-order valence-electron chi connectivity index (χ4n) is 2.63. The van der Waals surface area contributed by atoms with E-state index in [0.29, 0.717) is 24.3 Å². The molecule has 3 rings (SSSR count). The molecule has 0 aliphatic rings. The summed E-state index contributed by atoms with van der Waals surface area (Å²) in [5.41, 5.74) is 2.71. The summed E-state index contributed by atoms with van der Waals surface area (Å²) in [6.07, 6.45) is 4.47. The molecule has 3 aromatic rings. The van der Waals surface area contributed by atoms with Crippen molar-refractivity contribution in [3.05, 3.63) is 53.8 Å². The van der Waals surface area contributed by atoms with Crippen LogP contribution in [0.1, 0.15) is 12.1 Å². The van der Waals surface area contributed by atoms with E-state index >= 15 is 0 Å². The zero-order chi connectivity index (χ0) is 19.2. The van der Waals surface area contributed by atoms with E-state index in [9.17, 15) is 4.79 Å². The first-order valence-electron chi connectivity index (χ1n) is 8.45. The lowest BCUT2D eigenvalue weighted by Gasteiger charge is -2.19. The quantitative estimate of drug-likeness (QED) is 0.621. The molecule has 0 bridgehead atoms. The minimum Gasteiger partial charge on any atom is -0.493 e. The standard InChI is InChI=1S/C20H21N3O3S/c1-23(16-5-6-17(25-2)18(12-16)26-3)19(24)7-4-15-13-27-20(22-15)14-8-10-21-11-9-14/h5-6,8-13H,4,7H2,1-3H3. The van der Waals surface area contributed by atoms with Gasteiger partial charge in [0.05, 0.1) is 19.9 Å². The molecule has 1 amide bonds. The molecule has 27 heavy (non-hydrogen) atoms. The number of methoxy groups -OCH3 is 2. The molecule has 0 N–H and O–H groups in total. The summed E-state index contributed by atoms with van der Waals surface area (Å²) >= 11 is 1.57. The second kappa shape index (κ2) is 8.64. The summed E-state index contributed by atoms with van der Waals surface area (Å²) in [5, 5.41) is 2.94. The van der Waals surface area contributed by atoms with Gasteiger partial charge in [-0.3, -0.25) is 9.78 Å². The van der Waals surface area contributed by atoms with Crippen LogP contribution >= 0.6 is 11.3 Å². The molecule has 7 heteroatoms. The molecular weight excluding hydrogens is 362 g/mol. The molecule has 1 aromatic carbocycles. The van der Waals surface area contributed by atoms with E-state index in [1.54, 1.807) is 62.0 Å². The molecule has 6 nitrogen and oxygen atoms in total. The summed E-state index contributed by atoms with van der Waals surface area (Å²) in [5.74, 6) is 1.24. The first-order valence-corrected chi connectivity index (χ1v) is 9.33. The third-order valence-corrected chi connectivity index (χ3v) is 5.14. The monoisotopic (exact) mass is 383 g/mol. The molecule has 0 atom stereocenters. The number of hydrogen-bond donors (Lipinski definition) is 0. The van der Waals surface area contributed by atoms with Crippen LogP contribution in [-0.2, 0) is 11.2 Å². The number of ether oxygens (including phenoxy) is 2. The molecule has 0 saturated heterocycles. The van der Waals surface area contributed by atoms with Gasteiger partial charge in [-0.15, -0.1) is 11.3 Å². The smallest absolute Gasteiger partial charge is 0.227 e. The zero-order valence-corrected chi connectivity index (χ0v) is 16.3. The molecule has 0 fully saturated rings. The number of benzene rings is 1. The predicted molar refractivity (Wildman–Crippen MR) is 107 cm³/mol. The molecule has 0 aliphatic carbocycles. The average Bonchev–Trinajstić information content (AvgIpc) is 3.20. The summed E-state index contributed by atoms with van der Waals surface area (Å²) in [4.78, 5) is 22.8. The highest BCUT2D eigenvalue weighted by atomic mass is 32.1. The van der Waals surface area contributed by atoms with E-state index < -0.39 is 0 Å². The van der Waals surface area contributed by atoms with Gasteiger partial charge in [0.1, 0.15) is 5.01 Å². The van der Waals surface area contributed by atoms with E-state index in [1.165, 1.54) is 0 Å². The van der Waals surface area contributed by atoms with E-state index in [0.717, 1.165) is 22.0 Å². The van der Waals surface area contributed by atoms with Crippen molar-refractivity contribution in [3.8, 4) is 22.1 Å². The van der Waals surface area contributed by atoms with Gasteiger partial charge in [-0.25, -0.2) is 4.98 Å².